The third kappa shape index (κ3) is 4.24. The highest BCUT2D eigenvalue weighted by atomic mass is 19.1. The van der Waals surface area contributed by atoms with Gasteiger partial charge in [0.1, 0.15) is 18.4 Å². The number of amides is 2. The van der Waals surface area contributed by atoms with Gasteiger partial charge in [-0.15, -0.1) is 0 Å². The van der Waals surface area contributed by atoms with Gasteiger partial charge in [-0.3, -0.25) is 14.9 Å². The van der Waals surface area contributed by atoms with E-state index in [-0.39, 0.29) is 24.2 Å². The van der Waals surface area contributed by atoms with E-state index in [1.165, 1.54) is 24.3 Å². The number of carbonyl (C=O) groups excluding carboxylic acids is 2. The summed E-state index contributed by atoms with van der Waals surface area (Å²) < 4.78 is 13.1. The molecule has 1 aliphatic heterocycles. The van der Waals surface area contributed by atoms with Crippen LogP contribution < -0.4 is 10.6 Å². The summed E-state index contributed by atoms with van der Waals surface area (Å²) in [5, 5.41) is 6.39. The zero-order chi connectivity index (χ0) is 21.1. The molecule has 1 spiro atoms. The van der Waals surface area contributed by atoms with Crippen LogP contribution in [-0.4, -0.2) is 28.9 Å². The first-order chi connectivity index (χ1) is 14.5. The predicted molar refractivity (Wildman–Crippen MR) is 114 cm³/mol. The van der Waals surface area contributed by atoms with Gasteiger partial charge in [-0.2, -0.15) is 0 Å². The largest absolute Gasteiger partial charge is 0.325 e. The highest BCUT2D eigenvalue weighted by molar-refractivity contribution is 5.96. The van der Waals surface area contributed by atoms with Crippen molar-refractivity contribution in [3.63, 3.8) is 0 Å². The summed E-state index contributed by atoms with van der Waals surface area (Å²) in [5.41, 5.74) is 2.09. The van der Waals surface area contributed by atoms with Gasteiger partial charge in [0.05, 0.1) is 5.66 Å². The molecule has 2 N–H and O–H groups in total. The second-order valence-electron chi connectivity index (χ2n) is 8.41. The van der Waals surface area contributed by atoms with Gasteiger partial charge >= 0.3 is 0 Å². The number of rotatable bonds is 4. The van der Waals surface area contributed by atoms with Gasteiger partial charge in [0.15, 0.2) is 0 Å². The number of aryl methyl sites for hydroxylation is 1. The number of nitrogens with zero attached hydrogens (tertiary/aromatic N) is 1. The molecule has 2 amide bonds. The number of carbonyl (C=O) groups is 2. The van der Waals surface area contributed by atoms with E-state index < -0.39 is 11.7 Å². The summed E-state index contributed by atoms with van der Waals surface area (Å²) in [7, 11) is 0. The van der Waals surface area contributed by atoms with E-state index >= 15 is 0 Å². The van der Waals surface area contributed by atoms with Crippen molar-refractivity contribution in [3.05, 3.63) is 65.5 Å². The van der Waals surface area contributed by atoms with Gasteiger partial charge in [-0.1, -0.05) is 42.7 Å². The number of nitrogens with one attached hydrogen (secondary N) is 2. The summed E-state index contributed by atoms with van der Waals surface area (Å²) in [6, 6.07) is 13.2. The van der Waals surface area contributed by atoms with Crippen LogP contribution in [0.1, 0.15) is 55.7 Å². The van der Waals surface area contributed by atoms with Crippen molar-refractivity contribution in [3.8, 4) is 0 Å². The van der Waals surface area contributed by atoms with Crippen molar-refractivity contribution in [2.45, 2.75) is 57.2 Å². The molecular formula is C24H28FN3O2. The molecule has 2 aromatic rings. The Morgan fingerprint density at radius 3 is 2.33 bits per heavy atom. The zero-order valence-corrected chi connectivity index (χ0v) is 17.3. The van der Waals surface area contributed by atoms with E-state index in [1.807, 2.05) is 31.2 Å². The SMILES string of the molecule is Cc1ccc(C2NC3(CCCCCC3)N(CC(=O)Nc3ccc(F)cc3)C2=O)cc1. The second kappa shape index (κ2) is 8.56. The Kier molecular flexibility index (Phi) is 5.86. The number of anilines is 1. The molecule has 30 heavy (non-hydrogen) atoms. The first-order valence-corrected chi connectivity index (χ1v) is 10.7. The molecule has 6 heteroatoms. The molecule has 0 radical (unpaired) electrons. The first-order valence-electron chi connectivity index (χ1n) is 10.7. The van der Waals surface area contributed by atoms with Crippen LogP contribution in [0.5, 0.6) is 0 Å². The maximum absolute atomic E-state index is 13.4. The molecular weight excluding hydrogens is 381 g/mol. The van der Waals surface area contributed by atoms with E-state index in [0.717, 1.165) is 49.7 Å². The van der Waals surface area contributed by atoms with Crippen molar-refractivity contribution in [1.82, 2.24) is 10.2 Å². The van der Waals surface area contributed by atoms with Crippen molar-refractivity contribution < 1.29 is 14.0 Å². The van der Waals surface area contributed by atoms with Gasteiger partial charge < -0.3 is 10.2 Å². The van der Waals surface area contributed by atoms with Gasteiger partial charge in [0.2, 0.25) is 11.8 Å². The van der Waals surface area contributed by atoms with Gasteiger partial charge in [0.25, 0.3) is 0 Å². The Bertz CT molecular complexity index is 903. The highest BCUT2D eigenvalue weighted by Crippen LogP contribution is 2.39. The molecule has 2 aromatic carbocycles. The molecule has 1 heterocycles. The Labute approximate surface area is 176 Å². The number of benzene rings is 2. The maximum atomic E-state index is 13.4. The van der Waals surface area contributed by atoms with Crippen LogP contribution in [0.3, 0.4) is 0 Å². The quantitative estimate of drug-likeness (QED) is 0.792. The second-order valence-corrected chi connectivity index (χ2v) is 8.41. The predicted octanol–water partition coefficient (Wildman–Crippen LogP) is 4.30. The van der Waals surface area contributed by atoms with E-state index in [2.05, 4.69) is 10.6 Å². The Morgan fingerprint density at radius 1 is 1.07 bits per heavy atom. The standard InChI is InChI=1S/C24H28FN3O2/c1-17-6-8-18(9-7-17)22-23(30)28(24(27-22)14-4-2-3-5-15-24)16-21(29)26-20-12-10-19(25)11-13-20/h6-13,22,27H,2-5,14-16H2,1H3,(H,26,29). The molecule has 0 aromatic heterocycles. The minimum atomic E-state index is -0.497. The molecule has 2 aliphatic rings. The molecule has 1 unspecified atom stereocenters. The van der Waals surface area contributed by atoms with Crippen molar-refractivity contribution in [1.29, 1.82) is 0 Å². The highest BCUT2D eigenvalue weighted by Gasteiger charge is 2.50. The lowest BCUT2D eigenvalue weighted by Crippen LogP contribution is -2.54. The van der Waals surface area contributed by atoms with Gasteiger partial charge in [-0.25, -0.2) is 4.39 Å². The van der Waals surface area contributed by atoms with Crippen LogP contribution in [0.2, 0.25) is 0 Å². The van der Waals surface area contributed by atoms with Crippen molar-refractivity contribution in [2.24, 2.45) is 0 Å². The van der Waals surface area contributed by atoms with Crippen molar-refractivity contribution >= 4 is 17.5 Å². The van der Waals surface area contributed by atoms with Gasteiger partial charge in [0, 0.05) is 5.69 Å². The maximum Gasteiger partial charge on any atom is 0.246 e. The molecule has 1 saturated carbocycles. The molecule has 1 atom stereocenters. The van der Waals surface area contributed by atoms with E-state index in [4.69, 9.17) is 0 Å². The summed E-state index contributed by atoms with van der Waals surface area (Å²) in [6.07, 6.45) is 6.01. The minimum absolute atomic E-state index is 0.0223. The average molecular weight is 410 g/mol. The van der Waals surface area contributed by atoms with Crippen molar-refractivity contribution in [2.75, 3.05) is 11.9 Å². The van der Waals surface area contributed by atoms with Crippen LogP contribution in [0.15, 0.2) is 48.5 Å². The Balaban J connectivity index is 1.57. The van der Waals surface area contributed by atoms with Gasteiger partial charge in [-0.05, 0) is 62.4 Å². The van der Waals surface area contributed by atoms with Crippen LogP contribution >= 0.6 is 0 Å². The fraction of sp³-hybridized carbons (Fsp3) is 0.417. The summed E-state index contributed by atoms with van der Waals surface area (Å²) in [6.45, 7) is 2.00. The minimum Gasteiger partial charge on any atom is -0.325 e. The topological polar surface area (TPSA) is 61.4 Å². The summed E-state index contributed by atoms with van der Waals surface area (Å²) in [4.78, 5) is 28.0. The average Bonchev–Trinajstić information content (AvgIpc) is 2.88. The molecule has 1 aliphatic carbocycles. The van der Waals surface area contributed by atoms with Crippen LogP contribution in [0.25, 0.3) is 0 Å². The lowest BCUT2D eigenvalue weighted by molar-refractivity contribution is -0.136. The monoisotopic (exact) mass is 409 g/mol. The Hall–Kier alpha value is -2.73. The molecule has 0 bridgehead atoms. The molecule has 2 fully saturated rings. The normalized spacial score (nSPS) is 20.9. The molecule has 158 valence electrons. The molecule has 1 saturated heterocycles. The summed E-state index contributed by atoms with van der Waals surface area (Å²) in [5.74, 6) is -0.690. The third-order valence-electron chi connectivity index (χ3n) is 6.21. The first kappa shape index (κ1) is 20.5. The third-order valence-corrected chi connectivity index (χ3v) is 6.21. The Morgan fingerprint density at radius 2 is 1.70 bits per heavy atom. The lowest BCUT2D eigenvalue weighted by atomic mass is 9.99. The fourth-order valence-electron chi connectivity index (χ4n) is 4.59. The lowest BCUT2D eigenvalue weighted by Gasteiger charge is -2.37. The van der Waals surface area contributed by atoms with E-state index in [1.54, 1.807) is 4.90 Å². The zero-order valence-electron chi connectivity index (χ0n) is 17.3. The van der Waals surface area contributed by atoms with Crippen LogP contribution in [0, 0.1) is 12.7 Å². The van der Waals surface area contributed by atoms with Crippen LogP contribution in [-0.2, 0) is 9.59 Å². The van der Waals surface area contributed by atoms with E-state index in [9.17, 15) is 14.0 Å². The number of halogens is 1. The molecule has 4 rings (SSSR count). The molecule has 5 nitrogen and oxygen atoms in total. The number of hydrogen-bond donors (Lipinski definition) is 2. The smallest absolute Gasteiger partial charge is 0.246 e. The fourth-order valence-corrected chi connectivity index (χ4v) is 4.59. The summed E-state index contributed by atoms with van der Waals surface area (Å²) >= 11 is 0. The number of hydrogen-bond acceptors (Lipinski definition) is 3. The van der Waals surface area contributed by atoms with Crippen LogP contribution in [0.4, 0.5) is 10.1 Å². The van der Waals surface area contributed by atoms with E-state index in [0.29, 0.717) is 5.69 Å².